The van der Waals surface area contributed by atoms with E-state index in [1.54, 1.807) is 24.3 Å². The van der Waals surface area contributed by atoms with Crippen LogP contribution >= 0.6 is 11.6 Å². The molecule has 0 saturated heterocycles. The number of nitrogens with one attached hydrogen (secondary N) is 1. The Kier molecular flexibility index (Phi) is 4.14. The molecule has 0 aliphatic heterocycles. The largest absolute Gasteiger partial charge is 0.356 e. The number of nitrogens with two attached hydrogens (primary N) is 2. The minimum absolute atomic E-state index is 0.0426. The number of carbonyl (C=O) groups excluding carboxylic acids is 1. The number of ketones is 1. The summed E-state index contributed by atoms with van der Waals surface area (Å²) in [6.07, 6.45) is 2.72. The average molecular weight is 368 g/mol. The van der Waals surface area contributed by atoms with Gasteiger partial charge in [-0.15, -0.1) is 0 Å². The predicted molar refractivity (Wildman–Crippen MR) is 105 cm³/mol. The molecule has 0 bridgehead atoms. The van der Waals surface area contributed by atoms with E-state index in [-0.39, 0.29) is 5.78 Å². The van der Waals surface area contributed by atoms with Gasteiger partial charge in [0.1, 0.15) is 5.66 Å². The van der Waals surface area contributed by atoms with Gasteiger partial charge in [-0.3, -0.25) is 4.79 Å². The summed E-state index contributed by atoms with van der Waals surface area (Å²) in [5.74, 6) is 0.405. The van der Waals surface area contributed by atoms with Crippen molar-refractivity contribution >= 4 is 28.3 Å². The van der Waals surface area contributed by atoms with E-state index in [4.69, 9.17) is 23.1 Å². The summed E-state index contributed by atoms with van der Waals surface area (Å²) in [5.41, 5.74) is 16.1. The summed E-state index contributed by atoms with van der Waals surface area (Å²) in [7, 11) is 0. The minimum atomic E-state index is -0.857. The molecule has 1 aliphatic carbocycles. The van der Waals surface area contributed by atoms with Gasteiger partial charge in [-0.25, -0.2) is 0 Å². The second kappa shape index (κ2) is 6.23. The number of hydrogen-bond donors (Lipinski definition) is 3. The summed E-state index contributed by atoms with van der Waals surface area (Å²) in [5, 5.41) is 1.59. The molecular weight excluding hydrogens is 346 g/mol. The van der Waals surface area contributed by atoms with Crippen molar-refractivity contribution in [1.82, 2.24) is 4.98 Å². The van der Waals surface area contributed by atoms with Gasteiger partial charge >= 0.3 is 0 Å². The highest BCUT2D eigenvalue weighted by Gasteiger charge is 2.36. The fraction of sp³-hybridized carbons (Fsp3) is 0.286. The molecule has 0 saturated carbocycles. The van der Waals surface area contributed by atoms with Crippen molar-refractivity contribution < 1.29 is 4.79 Å². The first-order valence-electron chi connectivity index (χ1n) is 8.92. The Bertz CT molecular complexity index is 1010. The number of fused-ring (bicyclic) bond motifs is 3. The molecule has 5 N–H and O–H groups in total. The van der Waals surface area contributed by atoms with Gasteiger partial charge in [0.2, 0.25) is 0 Å². The highest BCUT2D eigenvalue weighted by Crippen LogP contribution is 2.38. The Morgan fingerprint density at radius 2 is 2.00 bits per heavy atom. The van der Waals surface area contributed by atoms with Crippen molar-refractivity contribution in [3.05, 3.63) is 69.9 Å². The van der Waals surface area contributed by atoms with Gasteiger partial charge in [-0.2, -0.15) is 0 Å². The van der Waals surface area contributed by atoms with Crippen LogP contribution in [-0.4, -0.2) is 10.8 Å². The van der Waals surface area contributed by atoms with Crippen LogP contribution in [0.25, 0.3) is 10.9 Å². The summed E-state index contributed by atoms with van der Waals surface area (Å²) < 4.78 is 0. The first kappa shape index (κ1) is 17.3. The highest BCUT2D eigenvalue weighted by molar-refractivity contribution is 6.31. The lowest BCUT2D eigenvalue weighted by Crippen LogP contribution is -2.50. The van der Waals surface area contributed by atoms with E-state index < -0.39 is 5.66 Å². The first-order chi connectivity index (χ1) is 12.4. The third kappa shape index (κ3) is 2.84. The van der Waals surface area contributed by atoms with Gasteiger partial charge in [0.15, 0.2) is 5.78 Å². The van der Waals surface area contributed by atoms with Gasteiger partial charge < -0.3 is 16.5 Å². The Hall–Kier alpha value is -2.14. The maximum absolute atomic E-state index is 12.9. The summed E-state index contributed by atoms with van der Waals surface area (Å²) in [6, 6.07) is 12.7. The molecule has 1 atom stereocenters. The van der Waals surface area contributed by atoms with Crippen molar-refractivity contribution in [3.8, 4) is 0 Å². The lowest BCUT2D eigenvalue weighted by molar-refractivity contribution is 0.103. The van der Waals surface area contributed by atoms with Gasteiger partial charge in [0.25, 0.3) is 0 Å². The molecule has 5 heteroatoms. The fourth-order valence-electron chi connectivity index (χ4n) is 4.02. The molecule has 1 heterocycles. The van der Waals surface area contributed by atoms with Crippen LogP contribution in [0.2, 0.25) is 5.02 Å². The molecule has 1 aliphatic rings. The van der Waals surface area contributed by atoms with Gasteiger partial charge in [-0.05, 0) is 54.7 Å². The van der Waals surface area contributed by atoms with Crippen molar-refractivity contribution in [2.75, 3.05) is 0 Å². The third-order valence-electron chi connectivity index (χ3n) is 5.42. The molecule has 2 aromatic carbocycles. The van der Waals surface area contributed by atoms with E-state index in [0.717, 1.165) is 41.4 Å². The second-order valence-corrected chi connectivity index (χ2v) is 7.74. The Morgan fingerprint density at radius 1 is 1.23 bits per heavy atom. The van der Waals surface area contributed by atoms with Gasteiger partial charge in [0.05, 0.1) is 5.69 Å². The molecule has 0 amide bonds. The number of rotatable bonds is 3. The molecule has 0 radical (unpaired) electrons. The van der Waals surface area contributed by atoms with Crippen LogP contribution in [0.15, 0.2) is 42.5 Å². The van der Waals surface area contributed by atoms with Crippen LogP contribution in [0.3, 0.4) is 0 Å². The predicted octanol–water partition coefficient (Wildman–Crippen LogP) is 4.09. The van der Waals surface area contributed by atoms with Crippen molar-refractivity contribution in [3.63, 3.8) is 0 Å². The lowest BCUT2D eigenvalue weighted by Gasteiger charge is -2.34. The summed E-state index contributed by atoms with van der Waals surface area (Å²) >= 11 is 6.03. The number of halogens is 1. The Balaban J connectivity index is 1.82. The molecule has 26 heavy (non-hydrogen) atoms. The van der Waals surface area contributed by atoms with Gasteiger partial charge in [0, 0.05) is 27.1 Å². The van der Waals surface area contributed by atoms with Gasteiger partial charge in [-0.1, -0.05) is 37.1 Å². The van der Waals surface area contributed by atoms with E-state index in [1.165, 1.54) is 0 Å². The number of hydrogen-bond acceptors (Lipinski definition) is 3. The maximum atomic E-state index is 12.9. The van der Waals surface area contributed by atoms with Crippen molar-refractivity contribution in [2.24, 2.45) is 17.4 Å². The quantitative estimate of drug-likeness (QED) is 0.481. The van der Waals surface area contributed by atoms with E-state index >= 15 is 0 Å². The lowest BCUT2D eigenvalue weighted by atomic mass is 9.79. The monoisotopic (exact) mass is 367 g/mol. The molecule has 1 unspecified atom stereocenters. The van der Waals surface area contributed by atoms with E-state index in [1.807, 2.05) is 18.2 Å². The third-order valence-corrected chi connectivity index (χ3v) is 5.65. The molecule has 0 spiro atoms. The van der Waals surface area contributed by atoms with Crippen LogP contribution in [0.5, 0.6) is 0 Å². The molecule has 3 aromatic rings. The molecule has 4 rings (SSSR count). The Morgan fingerprint density at radius 3 is 2.73 bits per heavy atom. The zero-order chi connectivity index (χ0) is 18.5. The second-order valence-electron chi connectivity index (χ2n) is 7.30. The van der Waals surface area contributed by atoms with Crippen LogP contribution in [0.4, 0.5) is 0 Å². The van der Waals surface area contributed by atoms with Crippen molar-refractivity contribution in [2.45, 2.75) is 31.8 Å². The maximum Gasteiger partial charge on any atom is 0.193 e. The first-order valence-corrected chi connectivity index (χ1v) is 9.30. The number of aromatic nitrogens is 1. The molecular formula is C21H22ClN3O. The fourth-order valence-corrected chi connectivity index (χ4v) is 4.21. The van der Waals surface area contributed by atoms with Crippen LogP contribution in [0, 0.1) is 5.92 Å². The van der Waals surface area contributed by atoms with Crippen LogP contribution < -0.4 is 11.5 Å². The molecule has 1 aromatic heterocycles. The zero-order valence-corrected chi connectivity index (χ0v) is 15.4. The van der Waals surface area contributed by atoms with E-state index in [2.05, 4.69) is 11.9 Å². The summed E-state index contributed by atoms with van der Waals surface area (Å²) in [4.78, 5) is 16.2. The van der Waals surface area contributed by atoms with E-state index in [9.17, 15) is 4.79 Å². The van der Waals surface area contributed by atoms with E-state index in [0.29, 0.717) is 22.1 Å². The molecule has 4 nitrogen and oxygen atoms in total. The number of aromatic amines is 1. The SMILES string of the molecule is CCC1Cc2c([nH]c3ccc(C(=O)c4cccc(Cl)c4)cc23)C(N)(N)C1. The highest BCUT2D eigenvalue weighted by atomic mass is 35.5. The summed E-state index contributed by atoms with van der Waals surface area (Å²) in [6.45, 7) is 2.16. The molecule has 134 valence electrons. The topological polar surface area (TPSA) is 84.9 Å². The zero-order valence-electron chi connectivity index (χ0n) is 14.7. The number of carbonyl (C=O) groups is 1. The minimum Gasteiger partial charge on any atom is -0.356 e. The Labute approximate surface area is 157 Å². The average Bonchev–Trinajstić information content (AvgIpc) is 2.99. The smallest absolute Gasteiger partial charge is 0.193 e. The normalized spacial score (nSPS) is 18.7. The standard InChI is InChI=1S/C21H22ClN3O/c1-2-12-8-17-16-10-14(19(26)13-4-3-5-15(22)9-13)6-7-18(16)25-20(17)21(23,24)11-12/h3-7,9-10,12,25H,2,8,11,23-24H2,1H3. The number of benzene rings is 2. The number of H-pyrrole nitrogens is 1. The van der Waals surface area contributed by atoms with Crippen molar-refractivity contribution in [1.29, 1.82) is 0 Å². The van der Waals surface area contributed by atoms with Crippen LogP contribution in [-0.2, 0) is 12.1 Å². The van der Waals surface area contributed by atoms with Crippen LogP contribution in [0.1, 0.15) is 46.9 Å². The molecule has 0 fully saturated rings.